The molecule has 0 unspecified atom stereocenters. The summed E-state index contributed by atoms with van der Waals surface area (Å²) in [7, 11) is -2.94. The first-order valence-corrected chi connectivity index (χ1v) is 9.64. The van der Waals surface area contributed by atoms with E-state index in [4.69, 9.17) is 0 Å². The number of benzene rings is 1. The zero-order valence-electron chi connectivity index (χ0n) is 9.84. The third-order valence-corrected chi connectivity index (χ3v) is 5.80. The Kier molecular flexibility index (Phi) is 6.64. The highest BCUT2D eigenvalue weighted by atomic mass is 79.9. The second kappa shape index (κ2) is 7.26. The van der Waals surface area contributed by atoms with Gasteiger partial charge in [0.2, 0.25) is 0 Å². The third-order valence-electron chi connectivity index (χ3n) is 2.24. The van der Waals surface area contributed by atoms with Crippen molar-refractivity contribution in [2.75, 3.05) is 23.4 Å². The lowest BCUT2D eigenvalue weighted by Gasteiger charge is -2.11. The van der Waals surface area contributed by atoms with E-state index in [-0.39, 0.29) is 11.5 Å². The van der Waals surface area contributed by atoms with Gasteiger partial charge in [-0.05, 0) is 50.4 Å². The van der Waals surface area contributed by atoms with Gasteiger partial charge in [-0.15, -0.1) is 0 Å². The fraction of sp³-hybridized carbons (Fsp3) is 0.455. The van der Waals surface area contributed by atoms with Crippen molar-refractivity contribution in [1.29, 1.82) is 0 Å². The monoisotopic (exact) mass is 461 g/mol. The molecule has 1 N–H and O–H groups in total. The average Bonchev–Trinajstić information content (AvgIpc) is 2.21. The van der Waals surface area contributed by atoms with Crippen LogP contribution in [0.2, 0.25) is 0 Å². The molecule has 1 aromatic rings. The summed E-state index contributed by atoms with van der Waals surface area (Å²) < 4.78 is 25.9. The fourth-order valence-electron chi connectivity index (χ4n) is 1.46. The largest absolute Gasteiger partial charge is 0.382 e. The van der Waals surface area contributed by atoms with Crippen LogP contribution in [0.15, 0.2) is 25.6 Å². The molecule has 1 rings (SSSR count). The van der Waals surface area contributed by atoms with Crippen LogP contribution >= 0.6 is 47.8 Å². The molecule has 0 fully saturated rings. The van der Waals surface area contributed by atoms with Crippen molar-refractivity contribution in [2.45, 2.75) is 13.3 Å². The molecular weight excluding hydrogens is 450 g/mol. The lowest BCUT2D eigenvalue weighted by Crippen LogP contribution is -2.18. The van der Waals surface area contributed by atoms with Crippen LogP contribution in [-0.2, 0) is 9.84 Å². The van der Waals surface area contributed by atoms with Crippen LogP contribution in [-0.4, -0.2) is 26.5 Å². The SMILES string of the molecule is CCCS(=O)(=O)CCNc1c(Br)cc(Br)cc1Br. The minimum atomic E-state index is -2.94. The molecule has 1 aromatic carbocycles. The summed E-state index contributed by atoms with van der Waals surface area (Å²) in [4.78, 5) is 0. The van der Waals surface area contributed by atoms with E-state index in [2.05, 4.69) is 53.1 Å². The predicted molar refractivity (Wildman–Crippen MR) is 87.0 cm³/mol. The van der Waals surface area contributed by atoms with Crippen LogP contribution in [0.4, 0.5) is 5.69 Å². The molecule has 0 aliphatic carbocycles. The van der Waals surface area contributed by atoms with Crippen molar-refractivity contribution in [1.82, 2.24) is 0 Å². The van der Waals surface area contributed by atoms with Crippen molar-refractivity contribution >= 4 is 63.3 Å². The second-order valence-electron chi connectivity index (χ2n) is 3.82. The zero-order chi connectivity index (χ0) is 13.8. The Morgan fingerprint density at radius 1 is 1.11 bits per heavy atom. The van der Waals surface area contributed by atoms with E-state index in [1.165, 1.54) is 0 Å². The number of nitrogens with one attached hydrogen (secondary N) is 1. The maximum atomic E-state index is 11.6. The smallest absolute Gasteiger partial charge is 0.152 e. The van der Waals surface area contributed by atoms with Crippen molar-refractivity contribution in [3.8, 4) is 0 Å². The van der Waals surface area contributed by atoms with Crippen LogP contribution in [0.25, 0.3) is 0 Å². The first kappa shape index (κ1) is 16.5. The lowest BCUT2D eigenvalue weighted by atomic mass is 10.3. The first-order chi connectivity index (χ1) is 8.35. The van der Waals surface area contributed by atoms with Gasteiger partial charge in [0.15, 0.2) is 9.84 Å². The molecule has 0 aromatic heterocycles. The highest BCUT2D eigenvalue weighted by Crippen LogP contribution is 2.34. The first-order valence-electron chi connectivity index (χ1n) is 5.44. The number of anilines is 1. The summed E-state index contributed by atoms with van der Waals surface area (Å²) in [5.41, 5.74) is 0.866. The lowest BCUT2D eigenvalue weighted by molar-refractivity contribution is 0.595. The summed E-state index contributed by atoms with van der Waals surface area (Å²) in [6, 6.07) is 3.82. The van der Waals surface area contributed by atoms with Crippen molar-refractivity contribution in [2.24, 2.45) is 0 Å². The maximum Gasteiger partial charge on any atom is 0.152 e. The van der Waals surface area contributed by atoms with Crippen molar-refractivity contribution in [3.63, 3.8) is 0 Å². The van der Waals surface area contributed by atoms with Gasteiger partial charge in [-0.3, -0.25) is 0 Å². The summed E-state index contributed by atoms with van der Waals surface area (Å²) in [5, 5.41) is 3.13. The number of rotatable bonds is 6. The minimum absolute atomic E-state index is 0.149. The molecule has 0 atom stereocenters. The maximum absolute atomic E-state index is 11.6. The third kappa shape index (κ3) is 5.19. The molecule has 18 heavy (non-hydrogen) atoms. The van der Waals surface area contributed by atoms with E-state index in [9.17, 15) is 8.42 Å². The average molecular weight is 464 g/mol. The molecule has 102 valence electrons. The highest BCUT2D eigenvalue weighted by Gasteiger charge is 2.11. The molecule has 0 aliphatic rings. The molecule has 0 saturated carbocycles. The Morgan fingerprint density at radius 2 is 1.67 bits per heavy atom. The van der Waals surface area contributed by atoms with Gasteiger partial charge in [0.1, 0.15) is 0 Å². The summed E-state index contributed by atoms with van der Waals surface area (Å²) in [6.07, 6.45) is 0.661. The topological polar surface area (TPSA) is 46.2 Å². The highest BCUT2D eigenvalue weighted by molar-refractivity contribution is 9.11. The molecule has 7 heteroatoms. The molecule has 0 aliphatic heterocycles. The van der Waals surface area contributed by atoms with Gasteiger partial charge in [0.05, 0.1) is 11.4 Å². The molecule has 0 spiro atoms. The van der Waals surface area contributed by atoms with Gasteiger partial charge in [-0.2, -0.15) is 0 Å². The van der Waals surface area contributed by atoms with Gasteiger partial charge >= 0.3 is 0 Å². The van der Waals surface area contributed by atoms with Crippen LogP contribution in [0.3, 0.4) is 0 Å². The van der Waals surface area contributed by atoms with E-state index in [0.717, 1.165) is 19.1 Å². The Labute approximate surface area is 133 Å². The zero-order valence-corrected chi connectivity index (χ0v) is 15.4. The molecule has 0 saturated heterocycles. The van der Waals surface area contributed by atoms with E-state index in [1.54, 1.807) is 0 Å². The second-order valence-corrected chi connectivity index (χ2v) is 8.75. The quantitative estimate of drug-likeness (QED) is 0.687. The molecule has 0 bridgehead atoms. The number of hydrogen-bond acceptors (Lipinski definition) is 3. The summed E-state index contributed by atoms with van der Waals surface area (Å²) in [6.45, 7) is 2.27. The summed E-state index contributed by atoms with van der Waals surface area (Å²) in [5.74, 6) is 0.396. The van der Waals surface area contributed by atoms with Gasteiger partial charge < -0.3 is 5.32 Å². The normalized spacial score (nSPS) is 11.6. The molecule has 3 nitrogen and oxygen atoms in total. The Bertz CT molecular complexity index is 494. The molecule has 0 heterocycles. The molecule has 0 amide bonds. The Morgan fingerprint density at radius 3 is 2.17 bits per heavy atom. The molecule has 0 radical (unpaired) electrons. The Hall–Kier alpha value is 0.410. The van der Waals surface area contributed by atoms with Crippen molar-refractivity contribution in [3.05, 3.63) is 25.6 Å². The van der Waals surface area contributed by atoms with Gasteiger partial charge in [0.25, 0.3) is 0 Å². The van der Waals surface area contributed by atoms with Crippen LogP contribution in [0, 0.1) is 0 Å². The van der Waals surface area contributed by atoms with E-state index in [1.807, 2.05) is 19.1 Å². The Balaban J connectivity index is 2.65. The van der Waals surface area contributed by atoms with Gasteiger partial charge in [0, 0.05) is 25.7 Å². The van der Waals surface area contributed by atoms with Crippen LogP contribution in [0.5, 0.6) is 0 Å². The van der Waals surface area contributed by atoms with Crippen LogP contribution in [0.1, 0.15) is 13.3 Å². The standard InChI is InChI=1S/C11H14Br3NO2S/c1-2-4-18(16,17)5-3-15-11-9(13)6-8(12)7-10(11)14/h6-7,15H,2-5H2,1H3. The predicted octanol–water partition coefficient (Wildman–Crippen LogP) is 4.21. The number of halogens is 3. The fourth-order valence-corrected chi connectivity index (χ4v) is 5.23. The van der Waals surface area contributed by atoms with Crippen LogP contribution < -0.4 is 5.32 Å². The summed E-state index contributed by atoms with van der Waals surface area (Å²) >= 11 is 10.3. The number of sulfone groups is 1. The molecular formula is C11H14Br3NO2S. The minimum Gasteiger partial charge on any atom is -0.382 e. The van der Waals surface area contributed by atoms with E-state index >= 15 is 0 Å². The van der Waals surface area contributed by atoms with E-state index < -0.39 is 9.84 Å². The van der Waals surface area contributed by atoms with Gasteiger partial charge in [-0.1, -0.05) is 22.9 Å². The van der Waals surface area contributed by atoms with Crippen molar-refractivity contribution < 1.29 is 8.42 Å². The number of hydrogen-bond donors (Lipinski definition) is 1. The van der Waals surface area contributed by atoms with Gasteiger partial charge in [-0.25, -0.2) is 8.42 Å². The van der Waals surface area contributed by atoms with E-state index in [0.29, 0.717) is 13.0 Å².